The zero-order chi connectivity index (χ0) is 20.0. The fourth-order valence-electron chi connectivity index (χ4n) is 4.12. The van der Waals surface area contributed by atoms with Crippen LogP contribution in [-0.4, -0.2) is 37.8 Å². The van der Waals surface area contributed by atoms with E-state index in [2.05, 4.69) is 15.0 Å². The summed E-state index contributed by atoms with van der Waals surface area (Å²) in [5.41, 5.74) is 3.62. The van der Waals surface area contributed by atoms with Gasteiger partial charge in [0, 0.05) is 32.3 Å². The quantitative estimate of drug-likeness (QED) is 0.533. The Morgan fingerprint density at radius 2 is 1.90 bits per heavy atom. The summed E-state index contributed by atoms with van der Waals surface area (Å²) < 4.78 is 15.1. The number of aromatic nitrogens is 5. The molecular formula is C22H21FN6. The Morgan fingerprint density at radius 1 is 1.07 bits per heavy atom. The van der Waals surface area contributed by atoms with Crippen molar-refractivity contribution in [2.24, 2.45) is 7.05 Å². The van der Waals surface area contributed by atoms with Crippen LogP contribution in [0.5, 0.6) is 0 Å². The predicted octanol–water partition coefficient (Wildman–Crippen LogP) is 3.87. The Bertz CT molecular complexity index is 1170. The molecule has 4 aromatic rings. The maximum absolute atomic E-state index is 13.3. The lowest BCUT2D eigenvalue weighted by molar-refractivity contribution is 0.625. The number of anilines is 1. The number of benzene rings is 1. The van der Waals surface area contributed by atoms with Gasteiger partial charge < -0.3 is 4.90 Å². The van der Waals surface area contributed by atoms with E-state index in [0.29, 0.717) is 11.7 Å². The number of hydrogen-bond donors (Lipinski definition) is 0. The summed E-state index contributed by atoms with van der Waals surface area (Å²) in [4.78, 5) is 16.4. The maximum Gasteiger partial charge on any atom is 0.182 e. The summed E-state index contributed by atoms with van der Waals surface area (Å²) in [6.45, 7) is 3.70. The van der Waals surface area contributed by atoms with Crippen molar-refractivity contribution < 1.29 is 4.39 Å². The molecule has 7 heteroatoms. The molecule has 5 rings (SSSR count). The van der Waals surface area contributed by atoms with Crippen molar-refractivity contribution in [3.63, 3.8) is 0 Å². The van der Waals surface area contributed by atoms with Gasteiger partial charge in [-0.3, -0.25) is 9.67 Å². The van der Waals surface area contributed by atoms with Gasteiger partial charge in [0.05, 0.1) is 11.1 Å². The van der Waals surface area contributed by atoms with Crippen LogP contribution in [0.3, 0.4) is 0 Å². The first kappa shape index (κ1) is 17.7. The second kappa shape index (κ2) is 6.92. The van der Waals surface area contributed by atoms with Gasteiger partial charge in [0.15, 0.2) is 11.5 Å². The lowest BCUT2D eigenvalue weighted by atomic mass is 9.99. The predicted molar refractivity (Wildman–Crippen MR) is 110 cm³/mol. The molecule has 0 N–H and O–H groups in total. The summed E-state index contributed by atoms with van der Waals surface area (Å²) in [7, 11) is 1.90. The van der Waals surface area contributed by atoms with E-state index in [1.54, 1.807) is 10.9 Å². The number of aryl methyl sites for hydroxylation is 2. The van der Waals surface area contributed by atoms with Gasteiger partial charge in [-0.25, -0.2) is 14.4 Å². The lowest BCUT2D eigenvalue weighted by Gasteiger charge is -2.19. The van der Waals surface area contributed by atoms with E-state index in [1.807, 2.05) is 44.3 Å². The molecule has 0 bridgehead atoms. The van der Waals surface area contributed by atoms with E-state index in [9.17, 15) is 4.39 Å². The van der Waals surface area contributed by atoms with Gasteiger partial charge in [-0.2, -0.15) is 5.10 Å². The Kier molecular flexibility index (Phi) is 4.23. The second-order valence-corrected chi connectivity index (χ2v) is 7.48. The van der Waals surface area contributed by atoms with Gasteiger partial charge in [0.1, 0.15) is 17.3 Å². The van der Waals surface area contributed by atoms with Gasteiger partial charge in [0.25, 0.3) is 0 Å². The molecule has 0 saturated carbocycles. The number of fused-ring (bicyclic) bond motifs is 1. The Labute approximate surface area is 168 Å². The van der Waals surface area contributed by atoms with Gasteiger partial charge in [-0.05, 0) is 43.2 Å². The molecule has 1 aliphatic rings. The normalized spacial score (nSPS) is 16.7. The summed E-state index contributed by atoms with van der Waals surface area (Å²) in [6.07, 6.45) is 2.74. The minimum Gasteiger partial charge on any atom is -0.355 e. The summed E-state index contributed by atoms with van der Waals surface area (Å²) in [6, 6.07) is 12.6. The van der Waals surface area contributed by atoms with E-state index >= 15 is 0 Å². The molecule has 1 aromatic carbocycles. The van der Waals surface area contributed by atoms with Gasteiger partial charge in [-0.1, -0.05) is 18.2 Å². The molecule has 1 fully saturated rings. The topological polar surface area (TPSA) is 59.7 Å². The van der Waals surface area contributed by atoms with E-state index in [4.69, 9.17) is 9.97 Å². The summed E-state index contributed by atoms with van der Waals surface area (Å²) in [5, 5.41) is 5.55. The number of rotatable bonds is 3. The third-order valence-electron chi connectivity index (χ3n) is 5.56. The smallest absolute Gasteiger partial charge is 0.182 e. The minimum absolute atomic E-state index is 0.202. The first-order valence-electron chi connectivity index (χ1n) is 9.73. The molecule has 0 unspecified atom stereocenters. The third-order valence-corrected chi connectivity index (χ3v) is 5.56. The minimum atomic E-state index is -0.202. The van der Waals surface area contributed by atoms with Crippen LogP contribution in [0.2, 0.25) is 0 Å². The number of nitrogens with zero attached hydrogens (tertiary/aromatic N) is 6. The van der Waals surface area contributed by atoms with Crippen LogP contribution in [0, 0.1) is 12.7 Å². The third kappa shape index (κ3) is 3.12. The molecule has 146 valence electrons. The average molecular weight is 388 g/mol. The average Bonchev–Trinajstić information content (AvgIpc) is 3.34. The van der Waals surface area contributed by atoms with Gasteiger partial charge in [-0.15, -0.1) is 0 Å². The molecule has 0 spiro atoms. The van der Waals surface area contributed by atoms with Crippen LogP contribution in [-0.2, 0) is 7.05 Å². The van der Waals surface area contributed by atoms with Crippen molar-refractivity contribution in [1.82, 2.24) is 24.7 Å². The van der Waals surface area contributed by atoms with E-state index in [1.165, 1.54) is 12.1 Å². The molecular weight excluding hydrogens is 367 g/mol. The fraction of sp³-hybridized carbons (Fsp3) is 0.273. The van der Waals surface area contributed by atoms with Crippen LogP contribution in [0.1, 0.15) is 23.6 Å². The van der Waals surface area contributed by atoms with Crippen molar-refractivity contribution in [3.8, 4) is 11.5 Å². The highest BCUT2D eigenvalue weighted by Gasteiger charge is 2.28. The molecule has 3 aromatic heterocycles. The van der Waals surface area contributed by atoms with Crippen LogP contribution in [0.4, 0.5) is 10.2 Å². The highest BCUT2D eigenvalue weighted by atomic mass is 19.1. The Balaban J connectivity index is 1.58. The van der Waals surface area contributed by atoms with Gasteiger partial charge >= 0.3 is 0 Å². The lowest BCUT2D eigenvalue weighted by Crippen LogP contribution is -2.21. The maximum atomic E-state index is 13.3. The number of pyridine rings is 1. The zero-order valence-electron chi connectivity index (χ0n) is 16.4. The first-order valence-corrected chi connectivity index (χ1v) is 9.73. The Morgan fingerprint density at radius 3 is 2.66 bits per heavy atom. The van der Waals surface area contributed by atoms with E-state index in [-0.39, 0.29) is 5.82 Å². The summed E-state index contributed by atoms with van der Waals surface area (Å²) in [5.74, 6) is 1.63. The monoisotopic (exact) mass is 388 g/mol. The van der Waals surface area contributed by atoms with Crippen molar-refractivity contribution in [1.29, 1.82) is 0 Å². The van der Waals surface area contributed by atoms with Gasteiger partial charge in [0.2, 0.25) is 0 Å². The number of halogens is 1. The van der Waals surface area contributed by atoms with Crippen LogP contribution in [0.15, 0.2) is 48.7 Å². The van der Waals surface area contributed by atoms with Crippen LogP contribution < -0.4 is 4.90 Å². The highest BCUT2D eigenvalue weighted by molar-refractivity contribution is 5.91. The molecule has 0 amide bonds. The fourth-order valence-corrected chi connectivity index (χ4v) is 4.12. The molecule has 0 radical (unpaired) electrons. The molecule has 6 nitrogen and oxygen atoms in total. The van der Waals surface area contributed by atoms with Crippen molar-refractivity contribution in [2.45, 2.75) is 19.3 Å². The zero-order valence-corrected chi connectivity index (χ0v) is 16.4. The largest absolute Gasteiger partial charge is 0.355 e. The van der Waals surface area contributed by atoms with Crippen LogP contribution in [0.25, 0.3) is 22.6 Å². The first-order chi connectivity index (χ1) is 14.1. The standard InChI is InChI=1S/C22H21FN6/c1-14-19-21(28(2)27-14)25-20(18-5-3-4-11-24-18)26-22(19)29-12-10-16(13-29)15-6-8-17(23)9-7-15/h3-9,11,16H,10,12-13H2,1-2H3/t16-/m1/s1. The molecule has 1 atom stereocenters. The Hall–Kier alpha value is -3.35. The molecule has 0 aliphatic carbocycles. The van der Waals surface area contributed by atoms with Crippen LogP contribution >= 0.6 is 0 Å². The van der Waals surface area contributed by atoms with Crippen molar-refractivity contribution in [3.05, 3.63) is 65.7 Å². The number of hydrogen-bond acceptors (Lipinski definition) is 5. The van der Waals surface area contributed by atoms with Crippen molar-refractivity contribution >= 4 is 16.9 Å². The second-order valence-electron chi connectivity index (χ2n) is 7.48. The summed E-state index contributed by atoms with van der Waals surface area (Å²) >= 11 is 0. The molecule has 4 heterocycles. The van der Waals surface area contributed by atoms with Crippen molar-refractivity contribution in [2.75, 3.05) is 18.0 Å². The molecule has 1 saturated heterocycles. The molecule has 29 heavy (non-hydrogen) atoms. The van der Waals surface area contributed by atoms with E-state index in [0.717, 1.165) is 53.3 Å². The SMILES string of the molecule is Cc1nn(C)c2nc(-c3ccccn3)nc(N3CC[C@@H](c4ccc(F)cc4)C3)c12. The highest BCUT2D eigenvalue weighted by Crippen LogP contribution is 2.35. The van der Waals surface area contributed by atoms with E-state index < -0.39 is 0 Å². The molecule has 1 aliphatic heterocycles.